The molecule has 0 saturated heterocycles. The predicted molar refractivity (Wildman–Crippen MR) is 149 cm³/mol. The smallest absolute Gasteiger partial charge is 0.338 e. The number of nitrogens with zero attached hydrogens (tertiary/aromatic N) is 1. The summed E-state index contributed by atoms with van der Waals surface area (Å²) in [5.41, 5.74) is 1.93. The summed E-state index contributed by atoms with van der Waals surface area (Å²) in [6, 6.07) is 16.9. The fraction of sp³-hybridized carbons (Fsp3) is 0.125. The molecule has 176 valence electrons. The third-order valence-electron chi connectivity index (χ3n) is 4.71. The normalized spacial score (nSPS) is 10.5. The largest absolute Gasteiger partial charge is 0.462 e. The number of hydrogen-bond acceptors (Lipinski definition) is 4. The number of carbonyl (C=O) groups excluding carboxylic acids is 2. The van der Waals surface area contributed by atoms with Gasteiger partial charge in [-0.3, -0.25) is 10.1 Å². The first kappa shape index (κ1) is 26.7. The second-order valence-corrected chi connectivity index (χ2v) is 9.79. The Bertz CT molecular complexity index is 1220. The van der Waals surface area contributed by atoms with E-state index >= 15 is 0 Å². The van der Waals surface area contributed by atoms with Crippen molar-refractivity contribution in [1.82, 2.24) is 5.32 Å². The molecular weight excluding hydrogens is 630 g/mol. The summed E-state index contributed by atoms with van der Waals surface area (Å²) in [4.78, 5) is 26.6. The summed E-state index contributed by atoms with van der Waals surface area (Å²) in [5, 5.41) is 4.06. The lowest BCUT2D eigenvalue weighted by Gasteiger charge is -2.27. The number of esters is 1. The first-order chi connectivity index (χ1) is 16.2. The second kappa shape index (κ2) is 12.2. The zero-order chi connectivity index (χ0) is 24.8. The van der Waals surface area contributed by atoms with Gasteiger partial charge in [0.05, 0.1) is 29.3 Å². The van der Waals surface area contributed by atoms with Gasteiger partial charge in [-0.15, -0.1) is 0 Å². The van der Waals surface area contributed by atoms with Gasteiger partial charge in [-0.1, -0.05) is 40.9 Å². The van der Waals surface area contributed by atoms with Crippen molar-refractivity contribution >= 4 is 92.3 Å². The van der Waals surface area contributed by atoms with E-state index in [0.29, 0.717) is 37.4 Å². The van der Waals surface area contributed by atoms with Crippen molar-refractivity contribution in [3.8, 4) is 0 Å². The van der Waals surface area contributed by atoms with E-state index in [0.717, 1.165) is 3.57 Å². The average molecular weight is 648 g/mol. The highest BCUT2D eigenvalue weighted by atomic mass is 127. The van der Waals surface area contributed by atoms with Gasteiger partial charge in [0, 0.05) is 24.9 Å². The minimum absolute atomic E-state index is 0.111. The third kappa shape index (κ3) is 6.60. The van der Waals surface area contributed by atoms with Crippen molar-refractivity contribution in [2.45, 2.75) is 13.5 Å². The molecule has 0 radical (unpaired) electrons. The second-order valence-electron chi connectivity index (χ2n) is 6.94. The van der Waals surface area contributed by atoms with Gasteiger partial charge in [0.1, 0.15) is 0 Å². The molecular formula is C24H18Cl3IN2O3S. The molecule has 5 nitrogen and oxygen atoms in total. The van der Waals surface area contributed by atoms with Crippen LogP contribution in [0.1, 0.15) is 33.2 Å². The van der Waals surface area contributed by atoms with E-state index in [4.69, 9.17) is 51.8 Å². The number of benzene rings is 3. The molecule has 3 rings (SSSR count). The van der Waals surface area contributed by atoms with Crippen LogP contribution in [-0.4, -0.2) is 23.6 Å². The van der Waals surface area contributed by atoms with Gasteiger partial charge >= 0.3 is 5.97 Å². The van der Waals surface area contributed by atoms with Gasteiger partial charge in [-0.25, -0.2) is 4.79 Å². The van der Waals surface area contributed by atoms with Crippen LogP contribution in [0.2, 0.25) is 15.1 Å². The van der Waals surface area contributed by atoms with Crippen molar-refractivity contribution in [3.63, 3.8) is 0 Å². The molecule has 0 bridgehead atoms. The topological polar surface area (TPSA) is 58.6 Å². The van der Waals surface area contributed by atoms with Crippen molar-refractivity contribution in [1.29, 1.82) is 0 Å². The van der Waals surface area contributed by atoms with Crippen LogP contribution in [0.15, 0.2) is 60.7 Å². The van der Waals surface area contributed by atoms with Crippen LogP contribution in [-0.2, 0) is 11.3 Å². The number of amides is 1. The number of rotatable bonds is 6. The van der Waals surface area contributed by atoms with E-state index in [9.17, 15) is 9.59 Å². The third-order valence-corrected chi connectivity index (χ3v) is 6.74. The summed E-state index contributed by atoms with van der Waals surface area (Å²) < 4.78 is 5.90. The number of thiocarbonyl (C=S) groups is 1. The Morgan fingerprint density at radius 1 is 1.00 bits per heavy atom. The Hall–Kier alpha value is -1.91. The molecule has 3 aromatic carbocycles. The maximum atomic E-state index is 12.9. The Kier molecular flexibility index (Phi) is 9.56. The minimum atomic E-state index is -0.452. The highest BCUT2D eigenvalue weighted by Crippen LogP contribution is 2.28. The number of carbonyl (C=O) groups is 2. The average Bonchev–Trinajstić information content (AvgIpc) is 2.80. The van der Waals surface area contributed by atoms with Crippen molar-refractivity contribution in [2.75, 3.05) is 11.5 Å². The molecule has 0 atom stereocenters. The molecule has 3 aromatic rings. The summed E-state index contributed by atoms with van der Waals surface area (Å²) in [5.74, 6) is -0.883. The molecule has 10 heteroatoms. The molecule has 0 fully saturated rings. The van der Waals surface area contributed by atoms with Gasteiger partial charge in [-0.05, 0) is 96.3 Å². The van der Waals surface area contributed by atoms with Crippen LogP contribution < -0.4 is 10.2 Å². The van der Waals surface area contributed by atoms with E-state index < -0.39 is 11.9 Å². The number of hydrogen-bond donors (Lipinski definition) is 1. The van der Waals surface area contributed by atoms with E-state index in [-0.39, 0.29) is 18.3 Å². The van der Waals surface area contributed by atoms with E-state index in [2.05, 4.69) is 27.9 Å². The molecule has 1 amide bonds. The summed E-state index contributed by atoms with van der Waals surface area (Å²) in [7, 11) is 0. The monoisotopic (exact) mass is 646 g/mol. The lowest BCUT2D eigenvalue weighted by molar-refractivity contribution is 0.0526. The first-order valence-electron chi connectivity index (χ1n) is 9.99. The van der Waals surface area contributed by atoms with Crippen molar-refractivity contribution in [2.24, 2.45) is 0 Å². The lowest BCUT2D eigenvalue weighted by Crippen LogP contribution is -2.42. The van der Waals surface area contributed by atoms with Crippen LogP contribution in [0.5, 0.6) is 0 Å². The van der Waals surface area contributed by atoms with Crippen molar-refractivity contribution < 1.29 is 14.3 Å². The van der Waals surface area contributed by atoms with E-state index in [1.165, 1.54) is 0 Å². The number of nitrogens with one attached hydrogen (secondary N) is 1. The van der Waals surface area contributed by atoms with Gasteiger partial charge < -0.3 is 9.64 Å². The Balaban J connectivity index is 1.94. The fourth-order valence-electron chi connectivity index (χ4n) is 3.02. The highest BCUT2D eigenvalue weighted by Gasteiger charge is 2.21. The van der Waals surface area contributed by atoms with Crippen LogP contribution >= 0.6 is 69.6 Å². The Labute approximate surface area is 231 Å². The zero-order valence-corrected chi connectivity index (χ0v) is 23.0. The molecule has 0 aliphatic carbocycles. The van der Waals surface area contributed by atoms with Gasteiger partial charge in [0.15, 0.2) is 5.11 Å². The lowest BCUT2D eigenvalue weighted by atomic mass is 10.1. The molecule has 0 heterocycles. The van der Waals surface area contributed by atoms with Crippen molar-refractivity contribution in [3.05, 3.63) is 96.0 Å². The maximum absolute atomic E-state index is 12.9. The molecule has 34 heavy (non-hydrogen) atoms. The van der Waals surface area contributed by atoms with Gasteiger partial charge in [0.25, 0.3) is 5.91 Å². The fourth-order valence-corrected chi connectivity index (χ4v) is 4.49. The summed E-state index contributed by atoms with van der Waals surface area (Å²) in [6.07, 6.45) is 0. The van der Waals surface area contributed by atoms with E-state index in [1.807, 2.05) is 0 Å². The summed E-state index contributed by atoms with van der Waals surface area (Å²) in [6.45, 7) is 2.19. The van der Waals surface area contributed by atoms with Gasteiger partial charge in [-0.2, -0.15) is 0 Å². The standard InChI is InChI=1S/C24H18Cl3IN2O3S/c1-2-33-23(32)14-6-9-16(10-7-14)30(13-18-19(25)4-3-5-20(18)26)24(34)29-22(31)17-12-15(28)8-11-21(17)27/h3-12H,2,13H2,1H3,(H,29,31,34). The molecule has 0 unspecified atom stereocenters. The predicted octanol–water partition coefficient (Wildman–Crippen LogP) is 7.15. The first-order valence-corrected chi connectivity index (χ1v) is 12.6. The number of halogens is 4. The molecule has 1 N–H and O–H groups in total. The molecule has 0 aliphatic heterocycles. The highest BCUT2D eigenvalue weighted by molar-refractivity contribution is 14.1. The Morgan fingerprint density at radius 3 is 2.26 bits per heavy atom. The number of ether oxygens (including phenoxy) is 1. The van der Waals surface area contributed by atoms with Crippen LogP contribution in [0.4, 0.5) is 5.69 Å². The SMILES string of the molecule is CCOC(=O)c1ccc(N(Cc2c(Cl)cccc2Cl)C(=S)NC(=O)c2cc(I)ccc2Cl)cc1. The van der Waals surface area contributed by atoms with Crippen LogP contribution in [0, 0.1) is 3.57 Å². The molecule has 0 spiro atoms. The van der Waals surface area contributed by atoms with E-state index in [1.54, 1.807) is 72.5 Å². The van der Waals surface area contributed by atoms with Crippen LogP contribution in [0.3, 0.4) is 0 Å². The summed E-state index contributed by atoms with van der Waals surface area (Å²) >= 11 is 26.7. The van der Waals surface area contributed by atoms with Gasteiger partial charge in [0.2, 0.25) is 0 Å². The zero-order valence-electron chi connectivity index (χ0n) is 17.8. The quantitative estimate of drug-likeness (QED) is 0.175. The Morgan fingerprint density at radius 2 is 1.65 bits per heavy atom. The number of anilines is 1. The molecule has 0 aromatic heterocycles. The maximum Gasteiger partial charge on any atom is 0.338 e. The molecule has 0 aliphatic rings. The minimum Gasteiger partial charge on any atom is -0.462 e. The molecule has 0 saturated carbocycles. The van der Waals surface area contributed by atoms with Crippen LogP contribution in [0.25, 0.3) is 0 Å².